The SMILES string of the molecule is CC(=O)N1CCc2cc3ccsc3cc21. The molecule has 0 atom stereocenters. The Morgan fingerprint density at radius 2 is 2.33 bits per heavy atom. The van der Waals surface area contributed by atoms with E-state index in [1.165, 1.54) is 15.6 Å². The van der Waals surface area contributed by atoms with Crippen molar-refractivity contribution in [3.63, 3.8) is 0 Å². The molecule has 0 N–H and O–H groups in total. The fourth-order valence-electron chi connectivity index (χ4n) is 2.18. The first-order valence-electron chi connectivity index (χ1n) is 5.04. The van der Waals surface area contributed by atoms with Crippen LogP contribution in [0.3, 0.4) is 0 Å². The van der Waals surface area contributed by atoms with Crippen molar-refractivity contribution in [1.29, 1.82) is 0 Å². The second-order valence-corrected chi connectivity index (χ2v) is 4.81. The number of anilines is 1. The van der Waals surface area contributed by atoms with Crippen molar-refractivity contribution in [3.8, 4) is 0 Å². The highest BCUT2D eigenvalue weighted by atomic mass is 32.1. The van der Waals surface area contributed by atoms with Crippen LogP contribution in [0.25, 0.3) is 10.1 Å². The van der Waals surface area contributed by atoms with Crippen LogP contribution in [-0.2, 0) is 11.2 Å². The standard InChI is InChI=1S/C12H11NOS/c1-8(14)13-4-2-9-6-10-3-5-15-12(10)7-11(9)13/h3,5-7H,2,4H2,1H3. The number of thiophene rings is 1. The number of carbonyl (C=O) groups excluding carboxylic acids is 1. The Bertz CT molecular complexity index is 544. The third-order valence-corrected chi connectivity index (χ3v) is 3.81. The largest absolute Gasteiger partial charge is 0.312 e. The van der Waals surface area contributed by atoms with Gasteiger partial charge in [0.15, 0.2) is 0 Å². The smallest absolute Gasteiger partial charge is 0.223 e. The molecular formula is C12H11NOS. The fraction of sp³-hybridized carbons (Fsp3) is 0.250. The van der Waals surface area contributed by atoms with Crippen molar-refractivity contribution >= 4 is 33.0 Å². The first-order valence-corrected chi connectivity index (χ1v) is 5.92. The van der Waals surface area contributed by atoms with Gasteiger partial charge in [-0.15, -0.1) is 11.3 Å². The second-order valence-electron chi connectivity index (χ2n) is 3.86. The summed E-state index contributed by atoms with van der Waals surface area (Å²) in [6.45, 7) is 2.47. The van der Waals surface area contributed by atoms with Gasteiger partial charge in [-0.2, -0.15) is 0 Å². The van der Waals surface area contributed by atoms with Crippen molar-refractivity contribution in [2.24, 2.45) is 0 Å². The lowest BCUT2D eigenvalue weighted by Crippen LogP contribution is -2.25. The number of amides is 1. The summed E-state index contributed by atoms with van der Waals surface area (Å²) in [4.78, 5) is 13.3. The van der Waals surface area contributed by atoms with Gasteiger partial charge in [0.05, 0.1) is 0 Å². The molecule has 2 heterocycles. The zero-order valence-corrected chi connectivity index (χ0v) is 9.30. The minimum atomic E-state index is 0.143. The molecule has 0 saturated carbocycles. The van der Waals surface area contributed by atoms with Crippen molar-refractivity contribution < 1.29 is 4.79 Å². The van der Waals surface area contributed by atoms with Gasteiger partial charge in [0.2, 0.25) is 5.91 Å². The highest BCUT2D eigenvalue weighted by Gasteiger charge is 2.22. The van der Waals surface area contributed by atoms with Crippen molar-refractivity contribution in [3.05, 3.63) is 29.1 Å². The van der Waals surface area contributed by atoms with Crippen LogP contribution in [0.15, 0.2) is 23.6 Å². The molecule has 3 rings (SSSR count). The molecule has 0 aliphatic carbocycles. The zero-order valence-electron chi connectivity index (χ0n) is 8.49. The number of hydrogen-bond acceptors (Lipinski definition) is 2. The van der Waals surface area contributed by atoms with E-state index in [9.17, 15) is 4.79 Å². The molecule has 1 aromatic heterocycles. The molecule has 0 fully saturated rings. The minimum Gasteiger partial charge on any atom is -0.312 e. The lowest BCUT2D eigenvalue weighted by atomic mass is 10.1. The number of rotatable bonds is 0. The van der Waals surface area contributed by atoms with Crippen LogP contribution in [0.1, 0.15) is 12.5 Å². The Balaban J connectivity index is 2.22. The first kappa shape index (κ1) is 8.92. The van der Waals surface area contributed by atoms with Crippen LogP contribution in [0.5, 0.6) is 0 Å². The lowest BCUT2D eigenvalue weighted by Gasteiger charge is -2.14. The molecule has 1 aliphatic heterocycles. The van der Waals surface area contributed by atoms with E-state index in [-0.39, 0.29) is 5.91 Å². The van der Waals surface area contributed by atoms with E-state index in [0.29, 0.717) is 0 Å². The van der Waals surface area contributed by atoms with Gasteiger partial charge < -0.3 is 4.90 Å². The quantitative estimate of drug-likeness (QED) is 0.664. The number of fused-ring (bicyclic) bond motifs is 2. The summed E-state index contributed by atoms with van der Waals surface area (Å²) in [7, 11) is 0. The van der Waals surface area contributed by atoms with Gasteiger partial charge in [-0.1, -0.05) is 0 Å². The van der Waals surface area contributed by atoms with E-state index in [2.05, 4.69) is 23.6 Å². The van der Waals surface area contributed by atoms with Crippen LogP contribution >= 0.6 is 11.3 Å². The zero-order chi connectivity index (χ0) is 10.4. The monoisotopic (exact) mass is 217 g/mol. The summed E-state index contributed by atoms with van der Waals surface area (Å²) in [5, 5.41) is 3.39. The number of nitrogens with zero attached hydrogens (tertiary/aromatic N) is 1. The fourth-order valence-corrected chi connectivity index (χ4v) is 2.98. The summed E-state index contributed by atoms with van der Waals surface area (Å²) >= 11 is 1.73. The number of carbonyl (C=O) groups is 1. The normalized spacial score (nSPS) is 14.6. The number of benzene rings is 1. The molecule has 15 heavy (non-hydrogen) atoms. The Labute approximate surface area is 92.1 Å². The predicted molar refractivity (Wildman–Crippen MR) is 63.6 cm³/mol. The number of hydrogen-bond donors (Lipinski definition) is 0. The minimum absolute atomic E-state index is 0.143. The molecule has 0 radical (unpaired) electrons. The van der Waals surface area contributed by atoms with E-state index in [0.717, 1.165) is 18.7 Å². The predicted octanol–water partition coefficient (Wildman–Crippen LogP) is 2.81. The van der Waals surface area contributed by atoms with E-state index in [1.54, 1.807) is 18.3 Å². The molecule has 2 nitrogen and oxygen atoms in total. The topological polar surface area (TPSA) is 20.3 Å². The summed E-state index contributed by atoms with van der Waals surface area (Å²) < 4.78 is 1.27. The van der Waals surface area contributed by atoms with E-state index in [1.807, 2.05) is 4.90 Å². The Morgan fingerprint density at radius 1 is 1.47 bits per heavy atom. The van der Waals surface area contributed by atoms with Crippen LogP contribution in [0.4, 0.5) is 5.69 Å². The van der Waals surface area contributed by atoms with E-state index >= 15 is 0 Å². The highest BCUT2D eigenvalue weighted by molar-refractivity contribution is 7.17. The van der Waals surface area contributed by atoms with Gasteiger partial charge >= 0.3 is 0 Å². The average Bonchev–Trinajstić information content (AvgIpc) is 2.77. The lowest BCUT2D eigenvalue weighted by molar-refractivity contribution is -0.116. The molecule has 1 aliphatic rings. The molecule has 76 valence electrons. The first-order chi connectivity index (χ1) is 7.25. The summed E-state index contributed by atoms with van der Waals surface area (Å²) in [5.74, 6) is 0.143. The molecule has 3 heteroatoms. The van der Waals surface area contributed by atoms with Crippen molar-refractivity contribution in [2.75, 3.05) is 11.4 Å². The molecule has 0 unspecified atom stereocenters. The van der Waals surface area contributed by atoms with Crippen LogP contribution < -0.4 is 4.90 Å². The highest BCUT2D eigenvalue weighted by Crippen LogP contribution is 2.34. The summed E-state index contributed by atoms with van der Waals surface area (Å²) in [6, 6.07) is 6.49. The molecular weight excluding hydrogens is 206 g/mol. The van der Waals surface area contributed by atoms with Gasteiger partial charge in [0, 0.05) is 23.9 Å². The maximum Gasteiger partial charge on any atom is 0.223 e. The molecule has 1 amide bonds. The van der Waals surface area contributed by atoms with E-state index < -0.39 is 0 Å². The third-order valence-electron chi connectivity index (χ3n) is 2.93. The van der Waals surface area contributed by atoms with Gasteiger partial charge in [0.25, 0.3) is 0 Å². The second kappa shape index (κ2) is 3.07. The van der Waals surface area contributed by atoms with Gasteiger partial charge in [-0.3, -0.25) is 4.79 Å². The van der Waals surface area contributed by atoms with Gasteiger partial charge in [-0.25, -0.2) is 0 Å². The van der Waals surface area contributed by atoms with Gasteiger partial charge in [0.1, 0.15) is 0 Å². The Kier molecular flexibility index (Phi) is 1.83. The summed E-state index contributed by atoms with van der Waals surface area (Å²) in [5.41, 5.74) is 2.41. The molecule has 1 aromatic carbocycles. The van der Waals surface area contributed by atoms with Crippen molar-refractivity contribution in [1.82, 2.24) is 0 Å². The molecule has 0 spiro atoms. The molecule has 0 saturated heterocycles. The Morgan fingerprint density at radius 3 is 3.13 bits per heavy atom. The van der Waals surface area contributed by atoms with Crippen LogP contribution in [0.2, 0.25) is 0 Å². The van der Waals surface area contributed by atoms with Gasteiger partial charge in [-0.05, 0) is 40.9 Å². The van der Waals surface area contributed by atoms with Crippen LogP contribution in [-0.4, -0.2) is 12.5 Å². The van der Waals surface area contributed by atoms with Crippen LogP contribution in [0, 0.1) is 0 Å². The Hall–Kier alpha value is -1.35. The molecule has 2 aromatic rings. The maximum atomic E-state index is 11.4. The average molecular weight is 217 g/mol. The summed E-state index contributed by atoms with van der Waals surface area (Å²) in [6.07, 6.45) is 0.987. The maximum absolute atomic E-state index is 11.4. The van der Waals surface area contributed by atoms with E-state index in [4.69, 9.17) is 0 Å². The molecule has 0 bridgehead atoms. The van der Waals surface area contributed by atoms with Crippen molar-refractivity contribution in [2.45, 2.75) is 13.3 Å². The third kappa shape index (κ3) is 1.27.